The number of pyridine rings is 1. The molecule has 11 heteroatoms. The highest BCUT2D eigenvalue weighted by Crippen LogP contribution is 2.44. The SMILES string of the molecule is C=CCOC(=O)c1sc(N2C(=O)C(=O)/C(=C(/O)c3ccc4c(c3)OCCO4)C2c2cccnc2)nc1C. The lowest BCUT2D eigenvalue weighted by Gasteiger charge is -2.23. The molecule has 188 valence electrons. The molecule has 10 nitrogen and oxygen atoms in total. The smallest absolute Gasteiger partial charge is 0.350 e. The molecule has 1 atom stereocenters. The number of esters is 1. The van der Waals surface area contributed by atoms with Gasteiger partial charge in [0.2, 0.25) is 0 Å². The van der Waals surface area contributed by atoms with E-state index >= 15 is 0 Å². The average molecular weight is 520 g/mol. The Kier molecular flexibility index (Phi) is 6.45. The van der Waals surface area contributed by atoms with Crippen LogP contribution < -0.4 is 14.4 Å². The molecule has 2 aliphatic rings. The maximum atomic E-state index is 13.3. The molecule has 0 saturated carbocycles. The van der Waals surface area contributed by atoms with Crippen molar-refractivity contribution in [2.75, 3.05) is 24.7 Å². The van der Waals surface area contributed by atoms with Gasteiger partial charge in [-0.1, -0.05) is 30.1 Å². The molecule has 1 aromatic carbocycles. The molecule has 1 saturated heterocycles. The lowest BCUT2D eigenvalue weighted by atomic mass is 9.96. The molecular weight excluding hydrogens is 498 g/mol. The van der Waals surface area contributed by atoms with Crippen molar-refractivity contribution in [2.45, 2.75) is 13.0 Å². The third kappa shape index (κ3) is 4.33. The minimum atomic E-state index is -1.04. The predicted molar refractivity (Wildman–Crippen MR) is 134 cm³/mol. The number of hydrogen-bond donors (Lipinski definition) is 1. The molecule has 1 N–H and O–H groups in total. The molecule has 0 bridgehead atoms. The minimum absolute atomic E-state index is 0.0151. The molecule has 37 heavy (non-hydrogen) atoms. The van der Waals surface area contributed by atoms with Crippen molar-refractivity contribution in [3.05, 3.63) is 82.7 Å². The summed E-state index contributed by atoms with van der Waals surface area (Å²) in [6.45, 7) is 5.89. The van der Waals surface area contributed by atoms with Crippen LogP contribution in [0.2, 0.25) is 0 Å². The second-order valence-electron chi connectivity index (χ2n) is 8.11. The maximum absolute atomic E-state index is 13.3. The number of rotatable bonds is 6. The van der Waals surface area contributed by atoms with E-state index in [-0.39, 0.29) is 33.5 Å². The van der Waals surface area contributed by atoms with Crippen LogP contribution in [0.3, 0.4) is 0 Å². The van der Waals surface area contributed by atoms with Gasteiger partial charge in [0.05, 0.1) is 17.3 Å². The number of thiazole rings is 1. The Morgan fingerprint density at radius 1 is 1.27 bits per heavy atom. The van der Waals surface area contributed by atoms with Gasteiger partial charge in [0.25, 0.3) is 5.78 Å². The van der Waals surface area contributed by atoms with Crippen molar-refractivity contribution in [1.82, 2.24) is 9.97 Å². The van der Waals surface area contributed by atoms with Gasteiger partial charge in [0.1, 0.15) is 30.5 Å². The molecule has 1 fully saturated rings. The maximum Gasteiger partial charge on any atom is 0.350 e. The van der Waals surface area contributed by atoms with Crippen LogP contribution in [0.25, 0.3) is 5.76 Å². The lowest BCUT2D eigenvalue weighted by Crippen LogP contribution is -2.29. The van der Waals surface area contributed by atoms with Gasteiger partial charge in [-0.3, -0.25) is 19.5 Å². The minimum Gasteiger partial charge on any atom is -0.507 e. The molecular formula is C26H21N3O7S. The van der Waals surface area contributed by atoms with Crippen LogP contribution in [-0.4, -0.2) is 52.6 Å². The largest absolute Gasteiger partial charge is 0.507 e. The highest BCUT2D eigenvalue weighted by molar-refractivity contribution is 7.17. The normalized spacial score (nSPS) is 18.1. The third-order valence-corrected chi connectivity index (χ3v) is 6.91. The Bertz CT molecular complexity index is 1450. The number of nitrogens with zero attached hydrogens (tertiary/aromatic N) is 3. The summed E-state index contributed by atoms with van der Waals surface area (Å²) in [5, 5.41) is 11.4. The zero-order valence-corrected chi connectivity index (χ0v) is 20.5. The van der Waals surface area contributed by atoms with E-state index in [1.54, 1.807) is 43.5 Å². The summed E-state index contributed by atoms with van der Waals surface area (Å²) < 4.78 is 16.3. The van der Waals surface area contributed by atoms with E-state index in [1.807, 2.05) is 0 Å². The van der Waals surface area contributed by atoms with E-state index in [2.05, 4.69) is 16.5 Å². The Morgan fingerprint density at radius 2 is 2.05 bits per heavy atom. The number of ether oxygens (including phenoxy) is 3. The van der Waals surface area contributed by atoms with Crippen LogP contribution in [0.15, 0.2) is 61.0 Å². The van der Waals surface area contributed by atoms with E-state index in [1.165, 1.54) is 17.2 Å². The van der Waals surface area contributed by atoms with E-state index in [0.29, 0.717) is 36.0 Å². The number of benzene rings is 1. The number of hydrogen-bond acceptors (Lipinski definition) is 10. The number of anilines is 1. The first-order valence-corrected chi connectivity index (χ1v) is 12.1. The van der Waals surface area contributed by atoms with Crippen molar-refractivity contribution in [3.8, 4) is 11.5 Å². The van der Waals surface area contributed by atoms with Crippen molar-refractivity contribution < 1.29 is 33.7 Å². The van der Waals surface area contributed by atoms with Gasteiger partial charge in [-0.2, -0.15) is 0 Å². The molecule has 4 heterocycles. The first-order chi connectivity index (χ1) is 17.9. The molecule has 5 rings (SSSR count). The lowest BCUT2D eigenvalue weighted by molar-refractivity contribution is -0.132. The summed E-state index contributed by atoms with van der Waals surface area (Å²) in [4.78, 5) is 49.0. The van der Waals surface area contributed by atoms with Crippen molar-refractivity contribution in [2.24, 2.45) is 0 Å². The van der Waals surface area contributed by atoms with Crippen LogP contribution in [0.1, 0.15) is 32.5 Å². The zero-order chi connectivity index (χ0) is 26.1. The fourth-order valence-electron chi connectivity index (χ4n) is 4.10. The first-order valence-electron chi connectivity index (χ1n) is 11.3. The Labute approximate surface area is 215 Å². The van der Waals surface area contributed by atoms with Crippen LogP contribution in [0.4, 0.5) is 5.13 Å². The zero-order valence-electron chi connectivity index (χ0n) is 19.7. The number of aliphatic hydroxyl groups is 1. The van der Waals surface area contributed by atoms with Gasteiger partial charge in [-0.15, -0.1) is 0 Å². The number of ketones is 1. The van der Waals surface area contributed by atoms with Gasteiger partial charge < -0.3 is 19.3 Å². The fraction of sp³-hybridized carbons (Fsp3) is 0.192. The number of amides is 1. The number of aliphatic hydroxyl groups excluding tert-OH is 1. The molecule has 2 aromatic heterocycles. The van der Waals surface area contributed by atoms with Crippen molar-refractivity contribution in [1.29, 1.82) is 0 Å². The molecule has 3 aromatic rings. The number of carbonyl (C=O) groups is 3. The quantitative estimate of drug-likeness (QED) is 0.171. The Balaban J connectivity index is 1.63. The van der Waals surface area contributed by atoms with Gasteiger partial charge in [0, 0.05) is 18.0 Å². The second kappa shape index (κ2) is 9.86. The second-order valence-corrected chi connectivity index (χ2v) is 9.09. The number of aryl methyl sites for hydroxylation is 1. The van der Waals surface area contributed by atoms with E-state index in [0.717, 1.165) is 11.3 Å². The van der Waals surface area contributed by atoms with Gasteiger partial charge in [-0.25, -0.2) is 9.78 Å². The summed E-state index contributed by atoms with van der Waals surface area (Å²) in [5.41, 5.74) is 0.954. The van der Waals surface area contributed by atoms with Crippen LogP contribution >= 0.6 is 11.3 Å². The summed E-state index contributed by atoms with van der Waals surface area (Å²) >= 11 is 0.919. The molecule has 0 aliphatic carbocycles. The summed E-state index contributed by atoms with van der Waals surface area (Å²) in [6.07, 6.45) is 4.49. The number of Topliss-reactive ketones (excluding diaryl/α,β-unsaturated/α-hetero) is 1. The van der Waals surface area contributed by atoms with Crippen molar-refractivity contribution >= 4 is 39.9 Å². The number of carbonyl (C=O) groups excluding carboxylic acids is 3. The topological polar surface area (TPSA) is 128 Å². The molecule has 1 unspecified atom stereocenters. The van der Waals surface area contributed by atoms with Gasteiger partial charge >= 0.3 is 11.9 Å². The van der Waals surface area contributed by atoms with Gasteiger partial charge in [0.15, 0.2) is 16.6 Å². The Morgan fingerprint density at radius 3 is 2.78 bits per heavy atom. The number of fused-ring (bicyclic) bond motifs is 1. The third-order valence-electron chi connectivity index (χ3n) is 5.77. The summed E-state index contributed by atoms with van der Waals surface area (Å²) in [5.74, 6) is -1.86. The standard InChI is InChI=1S/C26H21N3O7S/c1-3-9-36-25(33)23-14(2)28-26(37-23)29-20(16-5-4-8-27-13-16)19(22(31)24(29)32)21(30)15-6-7-17-18(12-15)35-11-10-34-17/h3-8,12-13,20,30H,1,9-11H2,2H3/b21-19+. The van der Waals surface area contributed by atoms with Crippen LogP contribution in [0.5, 0.6) is 11.5 Å². The van der Waals surface area contributed by atoms with Gasteiger partial charge in [-0.05, 0) is 36.8 Å². The average Bonchev–Trinajstić information content (AvgIpc) is 3.43. The highest BCUT2D eigenvalue weighted by Gasteiger charge is 2.48. The number of aromatic nitrogens is 2. The highest BCUT2D eigenvalue weighted by atomic mass is 32.1. The van der Waals surface area contributed by atoms with Crippen LogP contribution in [-0.2, 0) is 14.3 Å². The molecule has 1 amide bonds. The predicted octanol–water partition coefficient (Wildman–Crippen LogP) is 3.59. The fourth-order valence-corrected chi connectivity index (χ4v) is 5.09. The van der Waals surface area contributed by atoms with E-state index in [4.69, 9.17) is 14.2 Å². The monoisotopic (exact) mass is 519 g/mol. The summed E-state index contributed by atoms with van der Waals surface area (Å²) in [7, 11) is 0. The van der Waals surface area contributed by atoms with E-state index in [9.17, 15) is 19.5 Å². The molecule has 0 radical (unpaired) electrons. The molecule has 0 spiro atoms. The van der Waals surface area contributed by atoms with Crippen molar-refractivity contribution in [3.63, 3.8) is 0 Å². The molecule has 2 aliphatic heterocycles. The van der Waals surface area contributed by atoms with E-state index < -0.39 is 23.7 Å². The van der Waals surface area contributed by atoms with Crippen LogP contribution in [0, 0.1) is 6.92 Å². The Hall–Kier alpha value is -4.51. The summed E-state index contributed by atoms with van der Waals surface area (Å²) in [6, 6.07) is 7.07. The first kappa shape index (κ1) is 24.2.